The predicted octanol–water partition coefficient (Wildman–Crippen LogP) is 5.17. The molecule has 1 aromatic rings. The van der Waals surface area contributed by atoms with Crippen LogP contribution in [0.3, 0.4) is 0 Å². The number of carbonyl (C=O) groups excluding carboxylic acids is 1. The van der Waals surface area contributed by atoms with Crippen molar-refractivity contribution < 1.29 is 14.3 Å². The van der Waals surface area contributed by atoms with Gasteiger partial charge in [-0.25, -0.2) is 4.79 Å². The molecule has 0 amide bonds. The van der Waals surface area contributed by atoms with Gasteiger partial charge in [0.2, 0.25) is 0 Å². The van der Waals surface area contributed by atoms with Gasteiger partial charge in [-0.15, -0.1) is 0 Å². The number of hydrogen-bond acceptors (Lipinski definition) is 3. The van der Waals surface area contributed by atoms with Crippen molar-refractivity contribution in [1.29, 1.82) is 0 Å². The van der Waals surface area contributed by atoms with Crippen LogP contribution < -0.4 is 4.74 Å². The maximum atomic E-state index is 11.2. The van der Waals surface area contributed by atoms with Gasteiger partial charge in [-0.2, -0.15) is 0 Å². The van der Waals surface area contributed by atoms with Gasteiger partial charge in [-0.3, -0.25) is 0 Å². The highest BCUT2D eigenvalue weighted by Crippen LogP contribution is 2.33. The minimum atomic E-state index is -0.741. The van der Waals surface area contributed by atoms with E-state index in [-0.39, 0.29) is 0 Å². The van der Waals surface area contributed by atoms with Gasteiger partial charge >= 0.3 is 6.16 Å². The Balaban J connectivity index is 3.02. The number of ether oxygens (including phenoxy) is 2. The molecular formula is C16H23ClO3. The fourth-order valence-electron chi connectivity index (χ4n) is 2.08. The Kier molecular flexibility index (Phi) is 7.45. The Morgan fingerprint density at radius 1 is 1.15 bits per heavy atom. The lowest BCUT2D eigenvalue weighted by atomic mass is 9.97. The molecule has 0 aliphatic heterocycles. The van der Waals surface area contributed by atoms with Crippen molar-refractivity contribution in [1.82, 2.24) is 0 Å². The van der Waals surface area contributed by atoms with Gasteiger partial charge in [-0.05, 0) is 42.9 Å². The Bertz CT molecular complexity index is 444. The number of benzene rings is 1. The SMILES string of the molecule is CCCCc1ccc(OC(=O)OC)c(Cl)c1CCCC. The second-order valence-corrected chi connectivity index (χ2v) is 5.16. The molecule has 1 rings (SSSR count). The number of rotatable bonds is 7. The van der Waals surface area contributed by atoms with E-state index in [1.807, 2.05) is 6.07 Å². The van der Waals surface area contributed by atoms with Gasteiger partial charge in [0.25, 0.3) is 0 Å². The number of carbonyl (C=O) groups is 1. The molecule has 0 radical (unpaired) electrons. The summed E-state index contributed by atoms with van der Waals surface area (Å²) in [4.78, 5) is 11.2. The maximum Gasteiger partial charge on any atom is 0.513 e. The molecule has 4 heteroatoms. The van der Waals surface area contributed by atoms with Gasteiger partial charge in [0, 0.05) is 0 Å². The van der Waals surface area contributed by atoms with Crippen molar-refractivity contribution in [3.05, 3.63) is 28.3 Å². The van der Waals surface area contributed by atoms with Crippen LogP contribution in [0.25, 0.3) is 0 Å². The number of hydrogen-bond donors (Lipinski definition) is 0. The quantitative estimate of drug-likeness (QED) is 0.514. The first-order valence-corrected chi connectivity index (χ1v) is 7.57. The summed E-state index contributed by atoms with van der Waals surface area (Å²) in [5.41, 5.74) is 2.35. The highest BCUT2D eigenvalue weighted by molar-refractivity contribution is 6.33. The Morgan fingerprint density at radius 3 is 2.40 bits per heavy atom. The van der Waals surface area contributed by atoms with Crippen LogP contribution >= 0.6 is 11.6 Å². The third-order valence-electron chi connectivity index (χ3n) is 3.24. The molecule has 0 bridgehead atoms. The Labute approximate surface area is 126 Å². The molecule has 0 aromatic heterocycles. The largest absolute Gasteiger partial charge is 0.513 e. The Morgan fingerprint density at radius 2 is 1.80 bits per heavy atom. The second kappa shape index (κ2) is 8.85. The standard InChI is InChI=1S/C16H23ClO3/c1-4-6-8-12-10-11-14(20-16(18)19-3)15(17)13(12)9-7-5-2/h10-11H,4-9H2,1-3H3. The van der Waals surface area contributed by atoms with E-state index >= 15 is 0 Å². The molecule has 0 unspecified atom stereocenters. The zero-order valence-corrected chi connectivity index (χ0v) is 13.3. The predicted molar refractivity (Wildman–Crippen MR) is 81.7 cm³/mol. The maximum absolute atomic E-state index is 11.2. The van der Waals surface area contributed by atoms with Gasteiger partial charge in [0.1, 0.15) is 0 Å². The van der Waals surface area contributed by atoms with Gasteiger partial charge in [-0.1, -0.05) is 44.4 Å². The molecule has 0 spiro atoms. The molecule has 0 heterocycles. The van der Waals surface area contributed by atoms with Crippen LogP contribution in [0.4, 0.5) is 4.79 Å². The first-order valence-electron chi connectivity index (χ1n) is 7.20. The lowest BCUT2D eigenvalue weighted by Crippen LogP contribution is -2.09. The summed E-state index contributed by atoms with van der Waals surface area (Å²) in [5, 5.41) is 0.539. The van der Waals surface area contributed by atoms with E-state index < -0.39 is 6.16 Å². The summed E-state index contributed by atoms with van der Waals surface area (Å²) in [6.45, 7) is 4.32. The first kappa shape index (κ1) is 16.8. The summed E-state index contributed by atoms with van der Waals surface area (Å²) in [7, 11) is 1.28. The van der Waals surface area contributed by atoms with E-state index in [1.165, 1.54) is 12.7 Å². The van der Waals surface area contributed by atoms with Crippen molar-refractivity contribution in [2.75, 3.05) is 7.11 Å². The van der Waals surface area contributed by atoms with E-state index in [1.54, 1.807) is 6.07 Å². The van der Waals surface area contributed by atoms with Crippen LogP contribution in [0.1, 0.15) is 50.7 Å². The fourth-order valence-corrected chi connectivity index (χ4v) is 2.39. The zero-order chi connectivity index (χ0) is 15.0. The summed E-state index contributed by atoms with van der Waals surface area (Å²) in [6, 6.07) is 3.75. The highest BCUT2D eigenvalue weighted by atomic mass is 35.5. The normalized spacial score (nSPS) is 10.4. The summed E-state index contributed by atoms with van der Waals surface area (Å²) < 4.78 is 9.59. The molecule has 1 aromatic carbocycles. The fraction of sp³-hybridized carbons (Fsp3) is 0.562. The van der Waals surface area contributed by atoms with Crippen LogP contribution in [0, 0.1) is 0 Å². The van der Waals surface area contributed by atoms with Crippen LogP contribution in [-0.4, -0.2) is 13.3 Å². The molecule has 0 N–H and O–H groups in total. The van der Waals surface area contributed by atoms with Gasteiger partial charge in [0.15, 0.2) is 5.75 Å². The van der Waals surface area contributed by atoms with E-state index in [2.05, 4.69) is 18.6 Å². The monoisotopic (exact) mass is 298 g/mol. The van der Waals surface area contributed by atoms with Crippen molar-refractivity contribution in [3.8, 4) is 5.75 Å². The molecule has 0 fully saturated rings. The molecule has 20 heavy (non-hydrogen) atoms. The smallest absolute Gasteiger partial charge is 0.437 e. The second-order valence-electron chi connectivity index (χ2n) is 4.78. The van der Waals surface area contributed by atoms with Crippen molar-refractivity contribution >= 4 is 17.8 Å². The van der Waals surface area contributed by atoms with Crippen LogP contribution in [0.2, 0.25) is 5.02 Å². The first-order chi connectivity index (χ1) is 9.63. The molecule has 0 aliphatic carbocycles. The lowest BCUT2D eigenvalue weighted by molar-refractivity contribution is 0.121. The molecule has 0 saturated heterocycles. The zero-order valence-electron chi connectivity index (χ0n) is 12.5. The molecular weight excluding hydrogens is 276 g/mol. The van der Waals surface area contributed by atoms with Crippen molar-refractivity contribution in [3.63, 3.8) is 0 Å². The minimum absolute atomic E-state index is 0.380. The van der Waals surface area contributed by atoms with Crippen molar-refractivity contribution in [2.45, 2.75) is 52.4 Å². The van der Waals surface area contributed by atoms with Gasteiger partial charge < -0.3 is 9.47 Å². The van der Waals surface area contributed by atoms with Crippen LogP contribution in [0.5, 0.6) is 5.75 Å². The van der Waals surface area contributed by atoms with E-state index in [4.69, 9.17) is 16.3 Å². The average Bonchev–Trinajstić information content (AvgIpc) is 2.46. The number of unbranched alkanes of at least 4 members (excludes halogenated alkanes) is 2. The average molecular weight is 299 g/mol. The highest BCUT2D eigenvalue weighted by Gasteiger charge is 2.15. The van der Waals surface area contributed by atoms with E-state index in [0.29, 0.717) is 10.8 Å². The molecule has 0 aliphatic rings. The third kappa shape index (κ3) is 4.71. The van der Waals surface area contributed by atoms with Crippen molar-refractivity contribution in [2.24, 2.45) is 0 Å². The van der Waals surface area contributed by atoms with Gasteiger partial charge in [0.05, 0.1) is 12.1 Å². The number of aryl methyl sites for hydroxylation is 1. The Hall–Kier alpha value is -1.22. The number of halogens is 1. The molecule has 112 valence electrons. The molecule has 3 nitrogen and oxygen atoms in total. The van der Waals surface area contributed by atoms with E-state index in [9.17, 15) is 4.79 Å². The lowest BCUT2D eigenvalue weighted by Gasteiger charge is -2.14. The van der Waals surface area contributed by atoms with Crippen LogP contribution in [-0.2, 0) is 17.6 Å². The summed E-state index contributed by atoms with van der Waals surface area (Å²) >= 11 is 6.40. The minimum Gasteiger partial charge on any atom is -0.437 e. The number of methoxy groups -OCH3 is 1. The third-order valence-corrected chi connectivity index (χ3v) is 3.66. The van der Waals surface area contributed by atoms with E-state index in [0.717, 1.165) is 44.1 Å². The molecule has 0 saturated carbocycles. The van der Waals surface area contributed by atoms with Crippen LogP contribution in [0.15, 0.2) is 12.1 Å². The topological polar surface area (TPSA) is 35.5 Å². The summed E-state index contributed by atoms with van der Waals surface area (Å²) in [5.74, 6) is 0.380. The molecule has 0 atom stereocenters. The summed E-state index contributed by atoms with van der Waals surface area (Å²) in [6.07, 6.45) is 5.62.